The Morgan fingerprint density at radius 1 is 1.24 bits per heavy atom. The van der Waals surface area contributed by atoms with Crippen LogP contribution in [-0.2, 0) is 14.3 Å². The van der Waals surface area contributed by atoms with Gasteiger partial charge in [-0.05, 0) is 18.2 Å². The fourth-order valence-corrected chi connectivity index (χ4v) is 4.42. The van der Waals surface area contributed by atoms with Crippen LogP contribution in [0, 0.1) is 11.3 Å². The number of hydrogen-bond acceptors (Lipinski definition) is 9. The first-order valence-corrected chi connectivity index (χ1v) is 11.3. The first-order chi connectivity index (χ1) is 16.7. The summed E-state index contributed by atoms with van der Waals surface area (Å²) >= 11 is 0. The molecule has 2 aromatic rings. The molecular weight excluding hydrogens is 440 g/mol. The van der Waals surface area contributed by atoms with Crippen LogP contribution in [0.3, 0.4) is 0 Å². The number of carbonyl (C=O) groups excluding carboxylic acids is 1. The molecule has 2 saturated heterocycles. The molecule has 1 aromatic heterocycles. The summed E-state index contributed by atoms with van der Waals surface area (Å²) in [5, 5.41) is 9.44. The van der Waals surface area contributed by atoms with Crippen molar-refractivity contribution in [1.82, 2.24) is 9.88 Å². The Balaban J connectivity index is 1.30. The number of aromatic nitrogens is 1. The molecule has 2 atom stereocenters. The van der Waals surface area contributed by atoms with Gasteiger partial charge >= 0.3 is 0 Å². The Hall–Kier alpha value is -3.55. The predicted molar refractivity (Wildman–Crippen MR) is 121 cm³/mol. The normalized spacial score (nSPS) is 21.9. The Labute approximate surface area is 197 Å². The number of likely N-dealkylation sites (tertiary alicyclic amines) is 1. The number of amides is 1. The maximum Gasteiger partial charge on any atom is 0.254 e. The van der Waals surface area contributed by atoms with E-state index < -0.39 is 6.10 Å². The van der Waals surface area contributed by atoms with Gasteiger partial charge < -0.3 is 33.5 Å². The molecule has 0 radical (unpaired) electrons. The first-order valence-electron chi connectivity index (χ1n) is 11.3. The van der Waals surface area contributed by atoms with Gasteiger partial charge in [0, 0.05) is 19.0 Å². The predicted octanol–water partition coefficient (Wildman–Crippen LogP) is 1.89. The van der Waals surface area contributed by atoms with Crippen molar-refractivity contribution in [2.75, 3.05) is 58.1 Å². The zero-order valence-corrected chi connectivity index (χ0v) is 18.9. The summed E-state index contributed by atoms with van der Waals surface area (Å²) in [5.41, 5.74) is 1.97. The lowest BCUT2D eigenvalue weighted by Gasteiger charge is -2.31. The number of anilines is 2. The van der Waals surface area contributed by atoms with Gasteiger partial charge in [-0.1, -0.05) is 0 Å². The SMILES string of the molecule is COc1ncc(N2CCOc3ccc(OC4CCN(C(=O)C5COCCO5)C4)cc32)cc1C#N. The number of methoxy groups -OCH3 is 1. The summed E-state index contributed by atoms with van der Waals surface area (Å²) in [7, 11) is 1.49. The van der Waals surface area contributed by atoms with Crippen molar-refractivity contribution < 1.29 is 28.5 Å². The van der Waals surface area contributed by atoms with Crippen LogP contribution >= 0.6 is 0 Å². The maximum atomic E-state index is 12.7. The molecule has 0 saturated carbocycles. The zero-order valence-electron chi connectivity index (χ0n) is 18.9. The molecule has 10 nitrogen and oxygen atoms in total. The average molecular weight is 466 g/mol. The minimum absolute atomic E-state index is 0.0453. The largest absolute Gasteiger partial charge is 0.490 e. The van der Waals surface area contributed by atoms with E-state index >= 15 is 0 Å². The molecule has 10 heteroatoms. The van der Waals surface area contributed by atoms with E-state index in [1.54, 1.807) is 17.2 Å². The Morgan fingerprint density at radius 2 is 2.15 bits per heavy atom. The molecule has 0 bridgehead atoms. The van der Waals surface area contributed by atoms with Gasteiger partial charge in [-0.25, -0.2) is 4.98 Å². The van der Waals surface area contributed by atoms with Crippen molar-refractivity contribution in [2.45, 2.75) is 18.6 Å². The van der Waals surface area contributed by atoms with Crippen molar-refractivity contribution in [3.63, 3.8) is 0 Å². The van der Waals surface area contributed by atoms with Crippen LogP contribution in [0.15, 0.2) is 30.5 Å². The number of nitriles is 1. The van der Waals surface area contributed by atoms with Crippen molar-refractivity contribution in [2.24, 2.45) is 0 Å². The number of ether oxygens (including phenoxy) is 5. The maximum absolute atomic E-state index is 12.7. The molecule has 3 aliphatic rings. The van der Waals surface area contributed by atoms with Crippen molar-refractivity contribution in [3.05, 3.63) is 36.0 Å². The highest BCUT2D eigenvalue weighted by atomic mass is 16.6. The molecular formula is C24H26N4O6. The standard InChI is InChI=1S/C24H26N4O6/c1-30-23-16(12-25)10-17(13-26-23)28-6-7-32-21-3-2-18(11-20(21)28)34-19-4-5-27(14-19)24(29)22-15-31-8-9-33-22/h2-3,10-11,13,19,22H,4-9,14-15H2,1H3. The van der Waals surface area contributed by atoms with E-state index in [2.05, 4.69) is 11.1 Å². The summed E-state index contributed by atoms with van der Waals surface area (Å²) in [6.45, 7) is 3.51. The second-order valence-electron chi connectivity index (χ2n) is 8.24. The van der Waals surface area contributed by atoms with E-state index in [-0.39, 0.29) is 12.0 Å². The minimum Gasteiger partial charge on any atom is -0.490 e. The molecule has 1 aromatic carbocycles. The van der Waals surface area contributed by atoms with E-state index in [0.29, 0.717) is 63.3 Å². The number of fused-ring (bicyclic) bond motifs is 1. The summed E-state index contributed by atoms with van der Waals surface area (Å²) in [4.78, 5) is 20.8. The van der Waals surface area contributed by atoms with Crippen LogP contribution in [0.1, 0.15) is 12.0 Å². The molecule has 3 aliphatic heterocycles. The lowest BCUT2D eigenvalue weighted by atomic mass is 10.2. The molecule has 5 rings (SSSR count). The zero-order chi connectivity index (χ0) is 23.5. The molecule has 0 aliphatic carbocycles. The third kappa shape index (κ3) is 4.44. The second kappa shape index (κ2) is 9.75. The number of hydrogen-bond donors (Lipinski definition) is 0. The highest BCUT2D eigenvalue weighted by Crippen LogP contribution is 2.40. The van der Waals surface area contributed by atoms with E-state index in [1.165, 1.54) is 7.11 Å². The summed E-state index contributed by atoms with van der Waals surface area (Å²) < 4.78 is 28.1. The molecule has 34 heavy (non-hydrogen) atoms. The third-order valence-electron chi connectivity index (χ3n) is 6.11. The lowest BCUT2D eigenvalue weighted by Crippen LogP contribution is -2.44. The molecule has 2 unspecified atom stereocenters. The number of carbonyl (C=O) groups is 1. The number of rotatable bonds is 5. The Morgan fingerprint density at radius 3 is 2.94 bits per heavy atom. The smallest absolute Gasteiger partial charge is 0.254 e. The van der Waals surface area contributed by atoms with Gasteiger partial charge in [-0.2, -0.15) is 5.26 Å². The fourth-order valence-electron chi connectivity index (χ4n) is 4.42. The van der Waals surface area contributed by atoms with Gasteiger partial charge in [0.25, 0.3) is 5.91 Å². The molecule has 0 spiro atoms. The van der Waals surface area contributed by atoms with Gasteiger partial charge in [-0.15, -0.1) is 0 Å². The minimum atomic E-state index is -0.529. The van der Waals surface area contributed by atoms with Crippen LogP contribution in [0.5, 0.6) is 17.4 Å². The summed E-state index contributed by atoms with van der Waals surface area (Å²) in [6, 6.07) is 9.56. The monoisotopic (exact) mass is 466 g/mol. The number of pyridine rings is 1. The van der Waals surface area contributed by atoms with E-state index in [4.69, 9.17) is 23.7 Å². The highest BCUT2D eigenvalue weighted by molar-refractivity contribution is 5.81. The molecule has 0 N–H and O–H groups in total. The van der Waals surface area contributed by atoms with Crippen LogP contribution in [0.25, 0.3) is 0 Å². The quantitative estimate of drug-likeness (QED) is 0.653. The van der Waals surface area contributed by atoms with Crippen molar-refractivity contribution in [1.29, 1.82) is 5.26 Å². The molecule has 2 fully saturated rings. The van der Waals surface area contributed by atoms with Gasteiger partial charge in [0.1, 0.15) is 35.8 Å². The van der Waals surface area contributed by atoms with Gasteiger partial charge in [0.15, 0.2) is 6.10 Å². The first kappa shape index (κ1) is 22.3. The number of benzene rings is 1. The van der Waals surface area contributed by atoms with E-state index in [9.17, 15) is 10.1 Å². The average Bonchev–Trinajstić information content (AvgIpc) is 3.36. The van der Waals surface area contributed by atoms with E-state index in [1.807, 2.05) is 23.1 Å². The van der Waals surface area contributed by atoms with Crippen molar-refractivity contribution in [3.8, 4) is 23.4 Å². The third-order valence-corrected chi connectivity index (χ3v) is 6.11. The van der Waals surface area contributed by atoms with Crippen LogP contribution in [0.2, 0.25) is 0 Å². The van der Waals surface area contributed by atoms with E-state index in [0.717, 1.165) is 23.5 Å². The topological polar surface area (TPSA) is 106 Å². The number of nitrogens with zero attached hydrogens (tertiary/aromatic N) is 4. The highest BCUT2D eigenvalue weighted by Gasteiger charge is 2.34. The molecule has 178 valence electrons. The lowest BCUT2D eigenvalue weighted by molar-refractivity contribution is -0.157. The van der Waals surface area contributed by atoms with Crippen LogP contribution < -0.4 is 19.1 Å². The Bertz CT molecular complexity index is 1100. The van der Waals surface area contributed by atoms with Gasteiger partial charge in [0.05, 0.1) is 57.6 Å². The molecule has 4 heterocycles. The Kier molecular flexibility index (Phi) is 6.38. The fraction of sp³-hybridized carbons (Fsp3) is 0.458. The van der Waals surface area contributed by atoms with Crippen molar-refractivity contribution >= 4 is 17.3 Å². The summed E-state index contributed by atoms with van der Waals surface area (Å²) in [6.07, 6.45) is 1.78. The van der Waals surface area contributed by atoms with Gasteiger partial charge in [-0.3, -0.25) is 4.79 Å². The van der Waals surface area contributed by atoms with Gasteiger partial charge in [0.2, 0.25) is 5.88 Å². The van der Waals surface area contributed by atoms with Crippen LogP contribution in [-0.4, -0.2) is 81.2 Å². The van der Waals surface area contributed by atoms with Crippen LogP contribution in [0.4, 0.5) is 11.4 Å². The molecule has 1 amide bonds. The second-order valence-corrected chi connectivity index (χ2v) is 8.24. The summed E-state index contributed by atoms with van der Waals surface area (Å²) in [5.74, 6) is 1.66.